The standard InChI is InChI=1S/C15H23F2NO/c1-12(2)14(13-6-4-3-5-7-13)10-18-8-9-19-11-15(16)17/h3-7,12,14-15,18H,8-11H2,1-2H3. The van der Waals surface area contributed by atoms with E-state index in [0.717, 1.165) is 6.54 Å². The predicted octanol–water partition coefficient (Wildman–Crippen LogP) is 3.30. The number of hydrogen-bond donors (Lipinski definition) is 1. The molecule has 0 aliphatic heterocycles. The van der Waals surface area contributed by atoms with Gasteiger partial charge in [0, 0.05) is 13.1 Å². The van der Waals surface area contributed by atoms with E-state index in [-0.39, 0.29) is 0 Å². The summed E-state index contributed by atoms with van der Waals surface area (Å²) in [4.78, 5) is 0. The molecule has 2 nitrogen and oxygen atoms in total. The van der Waals surface area contributed by atoms with Crippen LogP contribution in [-0.2, 0) is 4.74 Å². The van der Waals surface area contributed by atoms with Gasteiger partial charge in [-0.2, -0.15) is 0 Å². The minimum atomic E-state index is -2.38. The quantitative estimate of drug-likeness (QED) is 0.696. The number of hydrogen-bond acceptors (Lipinski definition) is 2. The summed E-state index contributed by atoms with van der Waals surface area (Å²) in [5.41, 5.74) is 1.30. The highest BCUT2D eigenvalue weighted by atomic mass is 19.3. The Hall–Kier alpha value is -1.00. The molecule has 0 spiro atoms. The molecule has 0 saturated heterocycles. The third-order valence-electron chi connectivity index (χ3n) is 3.06. The number of halogens is 2. The maximum atomic E-state index is 11.9. The summed E-state index contributed by atoms with van der Waals surface area (Å²) in [5.74, 6) is 0.952. The zero-order chi connectivity index (χ0) is 14.1. The van der Waals surface area contributed by atoms with Gasteiger partial charge >= 0.3 is 0 Å². The molecule has 0 heterocycles. The summed E-state index contributed by atoms with van der Waals surface area (Å²) in [6.45, 7) is 5.65. The molecule has 108 valence electrons. The minimum Gasteiger partial charge on any atom is -0.374 e. The number of ether oxygens (including phenoxy) is 1. The fourth-order valence-electron chi connectivity index (χ4n) is 2.01. The van der Waals surface area contributed by atoms with Gasteiger partial charge in [0.15, 0.2) is 0 Å². The van der Waals surface area contributed by atoms with Crippen LogP contribution in [0.25, 0.3) is 0 Å². The average Bonchev–Trinajstić information content (AvgIpc) is 2.38. The summed E-state index contributed by atoms with van der Waals surface area (Å²) in [6, 6.07) is 10.3. The first-order valence-corrected chi connectivity index (χ1v) is 6.72. The molecular formula is C15H23F2NO. The Kier molecular flexibility index (Phi) is 7.60. The van der Waals surface area contributed by atoms with Gasteiger partial charge in [-0.1, -0.05) is 44.2 Å². The van der Waals surface area contributed by atoms with Crippen molar-refractivity contribution < 1.29 is 13.5 Å². The third-order valence-corrected chi connectivity index (χ3v) is 3.06. The van der Waals surface area contributed by atoms with Crippen molar-refractivity contribution in [3.63, 3.8) is 0 Å². The topological polar surface area (TPSA) is 21.3 Å². The molecule has 1 aromatic carbocycles. The van der Waals surface area contributed by atoms with E-state index in [1.54, 1.807) is 0 Å². The molecule has 0 fully saturated rings. The average molecular weight is 271 g/mol. The van der Waals surface area contributed by atoms with E-state index >= 15 is 0 Å². The lowest BCUT2D eigenvalue weighted by Gasteiger charge is -2.22. The van der Waals surface area contributed by atoms with Gasteiger partial charge in [-0.05, 0) is 17.4 Å². The van der Waals surface area contributed by atoms with Crippen molar-refractivity contribution in [1.82, 2.24) is 5.32 Å². The molecule has 4 heteroatoms. The second kappa shape index (κ2) is 8.99. The maximum Gasteiger partial charge on any atom is 0.261 e. The van der Waals surface area contributed by atoms with E-state index in [0.29, 0.717) is 25.0 Å². The summed E-state index contributed by atoms with van der Waals surface area (Å²) < 4.78 is 28.5. The van der Waals surface area contributed by atoms with Gasteiger partial charge < -0.3 is 10.1 Å². The van der Waals surface area contributed by atoms with Crippen LogP contribution in [0.1, 0.15) is 25.3 Å². The SMILES string of the molecule is CC(C)C(CNCCOCC(F)F)c1ccccc1. The van der Waals surface area contributed by atoms with Crippen LogP contribution in [0.2, 0.25) is 0 Å². The Labute approximate surface area is 114 Å². The van der Waals surface area contributed by atoms with E-state index in [4.69, 9.17) is 4.74 Å². The normalized spacial score (nSPS) is 13.2. The molecule has 0 aliphatic rings. The van der Waals surface area contributed by atoms with Crippen molar-refractivity contribution in [2.75, 3.05) is 26.3 Å². The number of nitrogens with one attached hydrogen (secondary N) is 1. The fourth-order valence-corrected chi connectivity index (χ4v) is 2.01. The van der Waals surface area contributed by atoms with Crippen LogP contribution in [0, 0.1) is 5.92 Å². The van der Waals surface area contributed by atoms with Crippen molar-refractivity contribution in [2.45, 2.75) is 26.2 Å². The van der Waals surface area contributed by atoms with E-state index < -0.39 is 13.0 Å². The van der Waals surface area contributed by atoms with Crippen LogP contribution in [0.3, 0.4) is 0 Å². The van der Waals surface area contributed by atoms with Gasteiger partial charge in [-0.3, -0.25) is 0 Å². The van der Waals surface area contributed by atoms with Gasteiger partial charge in [-0.15, -0.1) is 0 Å². The van der Waals surface area contributed by atoms with Gasteiger partial charge in [-0.25, -0.2) is 8.78 Å². The van der Waals surface area contributed by atoms with Gasteiger partial charge in [0.25, 0.3) is 6.43 Å². The highest BCUT2D eigenvalue weighted by Crippen LogP contribution is 2.23. The molecule has 0 bridgehead atoms. The zero-order valence-corrected chi connectivity index (χ0v) is 11.6. The molecule has 1 aromatic rings. The third kappa shape index (κ3) is 6.64. The summed E-state index contributed by atoms with van der Waals surface area (Å²) in [5, 5.41) is 3.27. The number of alkyl halides is 2. The Bertz CT molecular complexity index is 330. The zero-order valence-electron chi connectivity index (χ0n) is 11.6. The van der Waals surface area contributed by atoms with Crippen molar-refractivity contribution in [2.24, 2.45) is 5.92 Å². The molecule has 0 aromatic heterocycles. The van der Waals surface area contributed by atoms with Crippen LogP contribution in [0.5, 0.6) is 0 Å². The fraction of sp³-hybridized carbons (Fsp3) is 0.600. The molecular weight excluding hydrogens is 248 g/mol. The van der Waals surface area contributed by atoms with Crippen molar-refractivity contribution in [3.8, 4) is 0 Å². The van der Waals surface area contributed by atoms with Gasteiger partial charge in [0.2, 0.25) is 0 Å². The van der Waals surface area contributed by atoms with Crippen LogP contribution in [0.4, 0.5) is 8.78 Å². The highest BCUT2D eigenvalue weighted by Gasteiger charge is 2.14. The van der Waals surface area contributed by atoms with E-state index in [9.17, 15) is 8.78 Å². The summed E-state index contributed by atoms with van der Waals surface area (Å²) in [7, 11) is 0. The smallest absolute Gasteiger partial charge is 0.261 e. The first-order valence-electron chi connectivity index (χ1n) is 6.72. The van der Waals surface area contributed by atoms with Crippen LogP contribution in [-0.4, -0.2) is 32.7 Å². The van der Waals surface area contributed by atoms with E-state index in [1.165, 1.54) is 5.56 Å². The maximum absolute atomic E-state index is 11.9. The largest absolute Gasteiger partial charge is 0.374 e. The molecule has 1 N–H and O–H groups in total. The Morgan fingerprint density at radius 1 is 1.16 bits per heavy atom. The first-order chi connectivity index (χ1) is 9.11. The molecule has 19 heavy (non-hydrogen) atoms. The first kappa shape index (κ1) is 16.1. The Balaban J connectivity index is 2.28. The van der Waals surface area contributed by atoms with Crippen LogP contribution in [0.15, 0.2) is 30.3 Å². The van der Waals surface area contributed by atoms with E-state index in [1.807, 2.05) is 18.2 Å². The molecule has 1 atom stereocenters. The van der Waals surface area contributed by atoms with Crippen molar-refractivity contribution in [3.05, 3.63) is 35.9 Å². The van der Waals surface area contributed by atoms with E-state index in [2.05, 4.69) is 31.3 Å². The molecule has 0 aliphatic carbocycles. The summed E-state index contributed by atoms with van der Waals surface area (Å²) >= 11 is 0. The summed E-state index contributed by atoms with van der Waals surface area (Å²) in [6.07, 6.45) is -2.38. The highest BCUT2D eigenvalue weighted by molar-refractivity contribution is 5.20. The van der Waals surface area contributed by atoms with Gasteiger partial charge in [0.1, 0.15) is 6.61 Å². The van der Waals surface area contributed by atoms with Crippen LogP contribution >= 0.6 is 0 Å². The number of rotatable bonds is 9. The Morgan fingerprint density at radius 3 is 2.42 bits per heavy atom. The predicted molar refractivity (Wildman–Crippen MR) is 73.7 cm³/mol. The van der Waals surface area contributed by atoms with Crippen molar-refractivity contribution >= 4 is 0 Å². The number of benzene rings is 1. The van der Waals surface area contributed by atoms with Gasteiger partial charge in [0.05, 0.1) is 6.61 Å². The lowest BCUT2D eigenvalue weighted by molar-refractivity contribution is 0.0187. The minimum absolute atomic E-state index is 0.323. The van der Waals surface area contributed by atoms with Crippen LogP contribution < -0.4 is 5.32 Å². The lowest BCUT2D eigenvalue weighted by atomic mass is 9.88. The second-order valence-corrected chi connectivity index (χ2v) is 4.93. The monoisotopic (exact) mass is 271 g/mol. The second-order valence-electron chi connectivity index (χ2n) is 4.93. The lowest BCUT2D eigenvalue weighted by Crippen LogP contribution is -2.28. The molecule has 1 rings (SSSR count). The molecule has 0 radical (unpaired) electrons. The molecule has 0 amide bonds. The van der Waals surface area contributed by atoms with Crippen molar-refractivity contribution in [1.29, 1.82) is 0 Å². The molecule has 1 unspecified atom stereocenters. The Morgan fingerprint density at radius 2 is 1.84 bits per heavy atom. The molecule has 0 saturated carbocycles.